The molecule has 0 rings (SSSR count). The topological polar surface area (TPSA) is 72.8 Å². The van der Waals surface area contributed by atoms with Crippen LogP contribution in [0.1, 0.15) is 19.8 Å². The number of aliphatic hydroxyl groups is 1. The van der Waals surface area contributed by atoms with E-state index in [2.05, 4.69) is 9.47 Å². The molecule has 0 aliphatic rings. The number of aliphatic hydroxyl groups excluding tert-OH is 1. The van der Waals surface area contributed by atoms with Gasteiger partial charge in [-0.05, 0) is 6.92 Å². The maximum atomic E-state index is 10.8. The van der Waals surface area contributed by atoms with Crippen LogP contribution in [0.25, 0.3) is 0 Å². The van der Waals surface area contributed by atoms with Gasteiger partial charge in [0.15, 0.2) is 0 Å². The molecule has 0 atom stereocenters. The summed E-state index contributed by atoms with van der Waals surface area (Å²) in [5.41, 5.74) is 0. The molecule has 0 saturated heterocycles. The predicted octanol–water partition coefficient (Wildman–Crippen LogP) is -0.135. The lowest BCUT2D eigenvalue weighted by Gasteiger charge is -2.02. The quantitative estimate of drug-likeness (QED) is 0.358. The van der Waals surface area contributed by atoms with Crippen molar-refractivity contribution in [1.29, 1.82) is 0 Å². The molecule has 1 N–H and O–H groups in total. The molecule has 0 aliphatic heterocycles. The van der Waals surface area contributed by atoms with Crippen molar-refractivity contribution >= 4 is 11.9 Å². The van der Waals surface area contributed by atoms with Crippen molar-refractivity contribution in [2.45, 2.75) is 19.8 Å². The third-order valence-electron chi connectivity index (χ3n) is 1.16. The van der Waals surface area contributed by atoms with Crippen LogP contribution in [-0.2, 0) is 19.1 Å². The van der Waals surface area contributed by atoms with Crippen molar-refractivity contribution in [3.63, 3.8) is 0 Å². The van der Waals surface area contributed by atoms with E-state index in [1.165, 1.54) is 0 Å². The largest absolute Gasteiger partial charge is 0.466 e. The highest BCUT2D eigenvalue weighted by molar-refractivity contribution is 5.91. The van der Waals surface area contributed by atoms with Gasteiger partial charge in [-0.15, -0.1) is 0 Å². The molecule has 0 unspecified atom stereocenters. The lowest BCUT2D eigenvalue weighted by atomic mass is 10.4. The molecule has 0 bridgehead atoms. The normalized spacial score (nSPS) is 9.38. The molecule has 0 fully saturated rings. The molecule has 5 heteroatoms. The molecule has 0 spiro atoms. The van der Waals surface area contributed by atoms with Gasteiger partial charge in [0.05, 0.1) is 13.2 Å². The van der Waals surface area contributed by atoms with E-state index in [0.29, 0.717) is 6.42 Å². The van der Waals surface area contributed by atoms with Gasteiger partial charge in [-0.25, -0.2) is 0 Å². The maximum absolute atomic E-state index is 10.8. The second-order valence-electron chi connectivity index (χ2n) is 2.28. The first kappa shape index (κ1) is 11.9. The van der Waals surface area contributed by atoms with Gasteiger partial charge < -0.3 is 14.6 Å². The molecule has 76 valence electrons. The van der Waals surface area contributed by atoms with Crippen LogP contribution in [-0.4, -0.2) is 36.9 Å². The predicted molar refractivity (Wildman–Crippen MR) is 43.9 cm³/mol. The Morgan fingerprint density at radius 2 is 1.85 bits per heavy atom. The Labute approximate surface area is 76.6 Å². The lowest BCUT2D eigenvalue weighted by molar-refractivity contribution is -0.154. The van der Waals surface area contributed by atoms with E-state index in [4.69, 9.17) is 5.11 Å². The van der Waals surface area contributed by atoms with Crippen LogP contribution in [0.4, 0.5) is 0 Å². The fraction of sp³-hybridized carbons (Fsp3) is 0.750. The van der Waals surface area contributed by atoms with E-state index >= 15 is 0 Å². The Hall–Kier alpha value is -1.10. The summed E-state index contributed by atoms with van der Waals surface area (Å²) in [6.45, 7) is 2.01. The van der Waals surface area contributed by atoms with Crippen molar-refractivity contribution in [2.24, 2.45) is 0 Å². The number of carbonyl (C=O) groups is 2. The van der Waals surface area contributed by atoms with E-state index in [9.17, 15) is 9.59 Å². The molecule has 0 radical (unpaired) electrons. The van der Waals surface area contributed by atoms with E-state index in [1.807, 2.05) is 0 Å². The number of rotatable bonds is 6. The molecule has 0 aromatic rings. The lowest BCUT2D eigenvalue weighted by Crippen LogP contribution is -2.14. The molecule has 13 heavy (non-hydrogen) atoms. The molecule has 0 amide bonds. The summed E-state index contributed by atoms with van der Waals surface area (Å²) < 4.78 is 9.13. The fourth-order valence-electron chi connectivity index (χ4n) is 0.631. The zero-order valence-electron chi connectivity index (χ0n) is 7.62. The van der Waals surface area contributed by atoms with Gasteiger partial charge in [0, 0.05) is 13.0 Å². The van der Waals surface area contributed by atoms with Gasteiger partial charge in [0.2, 0.25) is 0 Å². The van der Waals surface area contributed by atoms with Crippen LogP contribution in [0.5, 0.6) is 0 Å². The Kier molecular flexibility index (Phi) is 6.91. The smallest absolute Gasteiger partial charge is 0.317 e. The average molecular weight is 190 g/mol. The Bertz CT molecular complexity index is 166. The monoisotopic (exact) mass is 190 g/mol. The van der Waals surface area contributed by atoms with Gasteiger partial charge in [-0.2, -0.15) is 0 Å². The highest BCUT2D eigenvalue weighted by atomic mass is 16.6. The third kappa shape index (κ3) is 7.27. The van der Waals surface area contributed by atoms with Crippen molar-refractivity contribution < 1.29 is 24.2 Å². The van der Waals surface area contributed by atoms with Gasteiger partial charge >= 0.3 is 11.9 Å². The summed E-state index contributed by atoms with van der Waals surface area (Å²) >= 11 is 0. The minimum Gasteiger partial charge on any atom is -0.466 e. The summed E-state index contributed by atoms with van der Waals surface area (Å²) in [5, 5.41) is 8.36. The van der Waals surface area contributed by atoms with Gasteiger partial charge in [0.25, 0.3) is 0 Å². The Morgan fingerprint density at radius 1 is 1.23 bits per heavy atom. The minimum absolute atomic E-state index is 0.0350. The van der Waals surface area contributed by atoms with E-state index in [1.54, 1.807) is 6.92 Å². The van der Waals surface area contributed by atoms with Crippen LogP contribution in [0.3, 0.4) is 0 Å². The maximum Gasteiger partial charge on any atom is 0.317 e. The van der Waals surface area contributed by atoms with Crippen LogP contribution >= 0.6 is 0 Å². The fourth-order valence-corrected chi connectivity index (χ4v) is 0.631. The first-order valence-electron chi connectivity index (χ1n) is 4.12. The minimum atomic E-state index is -0.619. The Balaban J connectivity index is 3.44. The van der Waals surface area contributed by atoms with Crippen molar-refractivity contribution in [3.05, 3.63) is 0 Å². The zero-order chi connectivity index (χ0) is 10.1. The summed E-state index contributed by atoms with van der Waals surface area (Å²) in [5.74, 6) is -1.21. The van der Waals surface area contributed by atoms with Crippen molar-refractivity contribution in [2.75, 3.05) is 19.8 Å². The molecule has 5 nitrogen and oxygen atoms in total. The van der Waals surface area contributed by atoms with Crippen LogP contribution in [0.15, 0.2) is 0 Å². The molecule has 0 aromatic carbocycles. The first-order chi connectivity index (χ1) is 6.20. The second-order valence-corrected chi connectivity index (χ2v) is 2.28. The van der Waals surface area contributed by atoms with Crippen LogP contribution < -0.4 is 0 Å². The van der Waals surface area contributed by atoms with Crippen molar-refractivity contribution in [3.8, 4) is 0 Å². The summed E-state index contributed by atoms with van der Waals surface area (Å²) in [6, 6.07) is 0. The first-order valence-corrected chi connectivity index (χ1v) is 4.12. The zero-order valence-corrected chi connectivity index (χ0v) is 7.62. The van der Waals surface area contributed by atoms with Gasteiger partial charge in [-0.1, -0.05) is 0 Å². The van der Waals surface area contributed by atoms with Crippen LogP contribution in [0, 0.1) is 0 Å². The summed E-state index contributed by atoms with van der Waals surface area (Å²) in [7, 11) is 0. The van der Waals surface area contributed by atoms with Gasteiger partial charge in [-0.3, -0.25) is 9.59 Å². The molecule has 0 aliphatic carbocycles. The average Bonchev–Trinajstić information content (AvgIpc) is 2.05. The van der Waals surface area contributed by atoms with Gasteiger partial charge in [0.1, 0.15) is 6.42 Å². The van der Waals surface area contributed by atoms with Crippen LogP contribution in [0.2, 0.25) is 0 Å². The third-order valence-corrected chi connectivity index (χ3v) is 1.16. The van der Waals surface area contributed by atoms with Crippen molar-refractivity contribution in [1.82, 2.24) is 0 Å². The molecule has 0 saturated carbocycles. The highest BCUT2D eigenvalue weighted by Gasteiger charge is 2.10. The SMILES string of the molecule is CCOC(=O)CC(=O)OCCCO. The summed E-state index contributed by atoms with van der Waals surface area (Å²) in [4.78, 5) is 21.5. The molecule has 0 heterocycles. The second kappa shape index (κ2) is 7.54. The standard InChI is InChI=1S/C8H14O5/c1-2-12-7(10)6-8(11)13-5-3-4-9/h9H,2-6H2,1H3. The molecular weight excluding hydrogens is 176 g/mol. The number of hydrogen-bond acceptors (Lipinski definition) is 5. The number of ether oxygens (including phenoxy) is 2. The Morgan fingerprint density at radius 3 is 2.38 bits per heavy atom. The number of hydrogen-bond donors (Lipinski definition) is 1. The summed E-state index contributed by atoms with van der Waals surface area (Å²) in [6.07, 6.45) is 0.0217. The molecular formula is C8H14O5. The van der Waals surface area contributed by atoms with E-state index in [0.717, 1.165) is 0 Å². The van der Waals surface area contributed by atoms with E-state index < -0.39 is 11.9 Å². The van der Waals surface area contributed by atoms with E-state index in [-0.39, 0.29) is 26.2 Å². The highest BCUT2D eigenvalue weighted by Crippen LogP contribution is 1.91. The molecule has 0 aromatic heterocycles. The number of carbonyl (C=O) groups excluding carboxylic acids is 2. The number of esters is 2.